The van der Waals surface area contributed by atoms with Crippen LogP contribution in [-0.2, 0) is 14.4 Å². The molecule has 7 heteroatoms. The molecule has 0 saturated carbocycles. The van der Waals surface area contributed by atoms with Gasteiger partial charge in [0.2, 0.25) is 5.91 Å². The number of carboxylic acids is 1. The standard InChI is InChI=1S/C17H18N2O5/c1-11(17(22)23)19-15(20)9-18-16(21)10-24-14-7-6-12-4-2-3-5-13(12)8-14/h2-8,11H,9-10H2,1H3,(H,18,21)(H,19,20)(H,22,23)/t11-/m1/s1. The smallest absolute Gasteiger partial charge is 0.325 e. The Kier molecular flexibility index (Phi) is 5.73. The molecule has 24 heavy (non-hydrogen) atoms. The minimum absolute atomic E-state index is 0.236. The van der Waals surface area contributed by atoms with Gasteiger partial charge in [0.05, 0.1) is 6.54 Å². The number of hydrogen-bond donors (Lipinski definition) is 3. The zero-order chi connectivity index (χ0) is 17.5. The lowest BCUT2D eigenvalue weighted by atomic mass is 10.1. The molecule has 2 amide bonds. The van der Waals surface area contributed by atoms with E-state index in [9.17, 15) is 14.4 Å². The number of benzene rings is 2. The highest BCUT2D eigenvalue weighted by atomic mass is 16.5. The summed E-state index contributed by atoms with van der Waals surface area (Å²) in [4.78, 5) is 33.7. The zero-order valence-corrected chi connectivity index (χ0v) is 13.1. The largest absolute Gasteiger partial charge is 0.484 e. The van der Waals surface area contributed by atoms with Gasteiger partial charge in [-0.3, -0.25) is 14.4 Å². The molecular weight excluding hydrogens is 312 g/mol. The van der Waals surface area contributed by atoms with Gasteiger partial charge in [-0.25, -0.2) is 0 Å². The number of nitrogens with one attached hydrogen (secondary N) is 2. The number of hydrogen-bond acceptors (Lipinski definition) is 4. The number of amides is 2. The van der Waals surface area contributed by atoms with E-state index in [2.05, 4.69) is 10.6 Å². The maximum absolute atomic E-state index is 11.7. The number of carboxylic acid groups (broad SMARTS) is 1. The lowest BCUT2D eigenvalue weighted by Gasteiger charge is -2.10. The molecule has 7 nitrogen and oxygen atoms in total. The molecule has 0 spiro atoms. The average Bonchev–Trinajstić information content (AvgIpc) is 2.57. The van der Waals surface area contributed by atoms with Gasteiger partial charge >= 0.3 is 5.97 Å². The minimum atomic E-state index is -1.14. The van der Waals surface area contributed by atoms with Crippen molar-refractivity contribution in [3.8, 4) is 5.75 Å². The van der Waals surface area contributed by atoms with Crippen LogP contribution in [0.3, 0.4) is 0 Å². The van der Waals surface area contributed by atoms with Gasteiger partial charge in [-0.05, 0) is 29.8 Å². The summed E-state index contributed by atoms with van der Waals surface area (Å²) in [5.41, 5.74) is 0. The van der Waals surface area contributed by atoms with E-state index in [1.165, 1.54) is 6.92 Å². The summed E-state index contributed by atoms with van der Waals surface area (Å²) < 4.78 is 5.39. The van der Waals surface area contributed by atoms with Crippen molar-refractivity contribution in [1.29, 1.82) is 0 Å². The molecule has 126 valence electrons. The van der Waals surface area contributed by atoms with E-state index in [1.807, 2.05) is 36.4 Å². The van der Waals surface area contributed by atoms with Gasteiger partial charge in [0.15, 0.2) is 6.61 Å². The number of carbonyl (C=O) groups is 3. The first kappa shape index (κ1) is 17.3. The van der Waals surface area contributed by atoms with E-state index in [0.717, 1.165) is 10.8 Å². The van der Waals surface area contributed by atoms with E-state index in [0.29, 0.717) is 5.75 Å². The molecule has 2 aromatic carbocycles. The predicted molar refractivity (Wildman–Crippen MR) is 87.7 cm³/mol. The van der Waals surface area contributed by atoms with Gasteiger partial charge < -0.3 is 20.5 Å². The van der Waals surface area contributed by atoms with Gasteiger partial charge in [0.25, 0.3) is 5.91 Å². The Labute approximate surface area is 138 Å². The Bertz CT molecular complexity index is 759. The number of aliphatic carboxylic acids is 1. The van der Waals surface area contributed by atoms with Gasteiger partial charge in [0, 0.05) is 0 Å². The van der Waals surface area contributed by atoms with Gasteiger partial charge in [0.1, 0.15) is 11.8 Å². The summed E-state index contributed by atoms with van der Waals surface area (Å²) in [7, 11) is 0. The third-order valence-corrected chi connectivity index (χ3v) is 3.28. The molecule has 0 aliphatic heterocycles. The van der Waals surface area contributed by atoms with E-state index < -0.39 is 23.8 Å². The molecule has 0 fully saturated rings. The Hall–Kier alpha value is -3.09. The van der Waals surface area contributed by atoms with Crippen LogP contribution in [0.1, 0.15) is 6.92 Å². The molecular formula is C17H18N2O5. The summed E-state index contributed by atoms with van der Waals surface area (Å²) >= 11 is 0. The van der Waals surface area contributed by atoms with Crippen molar-refractivity contribution < 1.29 is 24.2 Å². The fraction of sp³-hybridized carbons (Fsp3) is 0.235. The topological polar surface area (TPSA) is 105 Å². The molecule has 0 aromatic heterocycles. The SMILES string of the molecule is C[C@@H](NC(=O)CNC(=O)COc1ccc2ccccc2c1)C(=O)O. The fourth-order valence-electron chi connectivity index (χ4n) is 1.99. The quantitative estimate of drug-likeness (QED) is 0.700. The average molecular weight is 330 g/mol. The lowest BCUT2D eigenvalue weighted by molar-refractivity contribution is -0.141. The predicted octanol–water partition coefficient (Wildman–Crippen LogP) is 0.924. The van der Waals surface area contributed by atoms with Gasteiger partial charge in [-0.15, -0.1) is 0 Å². The maximum atomic E-state index is 11.7. The molecule has 2 aromatic rings. The summed E-state index contributed by atoms with van der Waals surface area (Å²) in [6.45, 7) is 0.794. The van der Waals surface area contributed by atoms with Crippen molar-refractivity contribution in [1.82, 2.24) is 10.6 Å². The van der Waals surface area contributed by atoms with Crippen molar-refractivity contribution >= 4 is 28.6 Å². The van der Waals surface area contributed by atoms with Crippen LogP contribution in [0.25, 0.3) is 10.8 Å². The zero-order valence-electron chi connectivity index (χ0n) is 13.1. The van der Waals surface area contributed by atoms with Crippen LogP contribution < -0.4 is 15.4 Å². The highest BCUT2D eigenvalue weighted by molar-refractivity contribution is 5.88. The molecule has 1 atom stereocenters. The molecule has 0 aliphatic carbocycles. The second-order valence-corrected chi connectivity index (χ2v) is 5.20. The van der Waals surface area contributed by atoms with Crippen LogP contribution in [0.2, 0.25) is 0 Å². The first-order valence-corrected chi connectivity index (χ1v) is 7.36. The lowest BCUT2D eigenvalue weighted by Crippen LogP contribution is -2.44. The van der Waals surface area contributed by atoms with Crippen molar-refractivity contribution in [2.45, 2.75) is 13.0 Å². The maximum Gasteiger partial charge on any atom is 0.325 e. The highest BCUT2D eigenvalue weighted by Crippen LogP contribution is 2.20. The van der Waals surface area contributed by atoms with Crippen LogP contribution in [0.5, 0.6) is 5.75 Å². The molecule has 2 rings (SSSR count). The normalized spacial score (nSPS) is 11.5. The second-order valence-electron chi connectivity index (χ2n) is 5.20. The number of carbonyl (C=O) groups excluding carboxylic acids is 2. The second kappa shape index (κ2) is 7.96. The third kappa shape index (κ3) is 4.98. The first-order valence-electron chi connectivity index (χ1n) is 7.36. The molecule has 0 unspecified atom stereocenters. The summed E-state index contributed by atoms with van der Waals surface area (Å²) in [6, 6.07) is 12.2. The van der Waals surface area contributed by atoms with E-state index in [4.69, 9.17) is 9.84 Å². The first-order chi connectivity index (χ1) is 11.5. The van der Waals surface area contributed by atoms with E-state index in [1.54, 1.807) is 6.07 Å². The summed E-state index contributed by atoms with van der Waals surface area (Å²) in [6.07, 6.45) is 0. The van der Waals surface area contributed by atoms with Crippen LogP contribution in [0.4, 0.5) is 0 Å². The van der Waals surface area contributed by atoms with E-state index in [-0.39, 0.29) is 13.2 Å². The summed E-state index contributed by atoms with van der Waals surface area (Å²) in [5, 5.41) is 15.3. The third-order valence-electron chi connectivity index (χ3n) is 3.28. The Morgan fingerprint density at radius 3 is 2.50 bits per heavy atom. The summed E-state index contributed by atoms with van der Waals surface area (Å²) in [5.74, 6) is -1.65. The Balaban J connectivity index is 1.78. The molecule has 3 N–H and O–H groups in total. The van der Waals surface area contributed by atoms with Crippen molar-refractivity contribution in [2.75, 3.05) is 13.2 Å². The van der Waals surface area contributed by atoms with Gasteiger partial charge in [-0.1, -0.05) is 30.3 Å². The Morgan fingerprint density at radius 2 is 1.79 bits per heavy atom. The Morgan fingerprint density at radius 1 is 1.08 bits per heavy atom. The number of rotatable bonds is 7. The molecule has 0 heterocycles. The molecule has 0 radical (unpaired) electrons. The fourth-order valence-corrected chi connectivity index (χ4v) is 1.99. The van der Waals surface area contributed by atoms with Crippen molar-refractivity contribution in [3.05, 3.63) is 42.5 Å². The van der Waals surface area contributed by atoms with Crippen LogP contribution in [0.15, 0.2) is 42.5 Å². The molecule has 0 aliphatic rings. The molecule has 0 saturated heterocycles. The monoisotopic (exact) mass is 330 g/mol. The minimum Gasteiger partial charge on any atom is -0.484 e. The van der Waals surface area contributed by atoms with Gasteiger partial charge in [-0.2, -0.15) is 0 Å². The molecule has 0 bridgehead atoms. The van der Waals surface area contributed by atoms with Crippen LogP contribution in [-0.4, -0.2) is 42.1 Å². The van der Waals surface area contributed by atoms with Crippen molar-refractivity contribution in [2.24, 2.45) is 0 Å². The number of fused-ring (bicyclic) bond motifs is 1. The number of ether oxygens (including phenoxy) is 1. The van der Waals surface area contributed by atoms with Crippen LogP contribution >= 0.6 is 0 Å². The highest BCUT2D eigenvalue weighted by Gasteiger charge is 2.14. The van der Waals surface area contributed by atoms with Crippen LogP contribution in [0, 0.1) is 0 Å². The van der Waals surface area contributed by atoms with Crippen molar-refractivity contribution in [3.63, 3.8) is 0 Å². The van der Waals surface area contributed by atoms with E-state index >= 15 is 0 Å².